The van der Waals surface area contributed by atoms with Crippen molar-refractivity contribution in [3.05, 3.63) is 58.1 Å². The van der Waals surface area contributed by atoms with Crippen LogP contribution >= 0.6 is 0 Å². The van der Waals surface area contributed by atoms with E-state index in [0.29, 0.717) is 5.75 Å². The van der Waals surface area contributed by atoms with Gasteiger partial charge in [0, 0.05) is 6.07 Å². The molecule has 0 fully saturated rings. The fraction of sp³-hybridized carbons (Fsp3) is 0.368. The first-order chi connectivity index (χ1) is 13.0. The van der Waals surface area contributed by atoms with E-state index in [0.717, 1.165) is 11.6 Å². The van der Waals surface area contributed by atoms with E-state index in [1.165, 1.54) is 19.2 Å². The third-order valence-electron chi connectivity index (χ3n) is 4.34. The summed E-state index contributed by atoms with van der Waals surface area (Å²) in [6.07, 6.45) is 0. The molecule has 0 aliphatic carbocycles. The largest absolute Gasteiger partial charge is 0.497 e. The third-order valence-corrected chi connectivity index (χ3v) is 5.75. The number of ether oxygens (including phenoxy) is 1. The van der Waals surface area contributed by atoms with Gasteiger partial charge in [0.2, 0.25) is 10.0 Å². The zero-order chi connectivity index (χ0) is 21.1. The maximum atomic E-state index is 12.0. The maximum absolute atomic E-state index is 12.0. The molecule has 2 aromatic carbocycles. The fourth-order valence-corrected chi connectivity index (χ4v) is 3.60. The molecular weight excluding hydrogens is 382 g/mol. The van der Waals surface area contributed by atoms with Crippen molar-refractivity contribution in [2.24, 2.45) is 5.41 Å². The molecule has 1 atom stereocenters. The zero-order valence-corrected chi connectivity index (χ0v) is 17.3. The van der Waals surface area contributed by atoms with Gasteiger partial charge in [-0.15, -0.1) is 0 Å². The van der Waals surface area contributed by atoms with Gasteiger partial charge in [-0.1, -0.05) is 32.9 Å². The summed E-state index contributed by atoms with van der Waals surface area (Å²) in [5.74, 6) is 0.679. The minimum Gasteiger partial charge on any atom is -0.497 e. The molecule has 8 nitrogen and oxygen atoms in total. The molecule has 0 aliphatic heterocycles. The van der Waals surface area contributed by atoms with Gasteiger partial charge in [-0.25, -0.2) is 13.1 Å². The minimum absolute atomic E-state index is 0.166. The van der Waals surface area contributed by atoms with E-state index < -0.39 is 14.9 Å². The van der Waals surface area contributed by atoms with E-state index in [1.807, 2.05) is 45.0 Å². The van der Waals surface area contributed by atoms with Gasteiger partial charge in [0.25, 0.3) is 5.69 Å². The Balaban J connectivity index is 2.54. The molecule has 0 saturated heterocycles. The highest BCUT2D eigenvalue weighted by Crippen LogP contribution is 2.39. The van der Waals surface area contributed by atoms with E-state index in [4.69, 9.17) is 4.74 Å². The molecule has 2 rings (SSSR count). The van der Waals surface area contributed by atoms with Crippen LogP contribution < -0.4 is 14.8 Å². The normalized spacial score (nSPS) is 13.0. The number of hydrogen-bond donors (Lipinski definition) is 2. The molecule has 0 aliphatic rings. The monoisotopic (exact) mass is 407 g/mol. The molecule has 2 N–H and O–H groups in total. The quantitative estimate of drug-likeness (QED) is 0.535. The van der Waals surface area contributed by atoms with Crippen LogP contribution in [0.25, 0.3) is 0 Å². The second-order valence-electron chi connectivity index (χ2n) is 7.36. The number of anilines is 1. The lowest BCUT2D eigenvalue weighted by atomic mass is 9.82. The SMILES string of the molecule is CNS(=O)(=O)c1ccc(N[C@@H](c2cccc(OC)c2)C(C)(C)C)c([N+](=O)[O-])c1. The Morgan fingerprint density at radius 3 is 2.36 bits per heavy atom. The summed E-state index contributed by atoms with van der Waals surface area (Å²) in [5, 5.41) is 14.8. The zero-order valence-electron chi connectivity index (χ0n) is 16.5. The van der Waals surface area contributed by atoms with Crippen molar-refractivity contribution in [1.29, 1.82) is 0 Å². The summed E-state index contributed by atoms with van der Waals surface area (Å²) in [6.45, 7) is 6.03. The van der Waals surface area contributed by atoms with Crippen LogP contribution in [-0.2, 0) is 10.0 Å². The number of nitro groups is 1. The van der Waals surface area contributed by atoms with Gasteiger partial charge in [-0.2, -0.15) is 0 Å². The number of hydrogen-bond acceptors (Lipinski definition) is 6. The van der Waals surface area contributed by atoms with Gasteiger partial charge in [-0.05, 0) is 42.3 Å². The van der Waals surface area contributed by atoms with E-state index in [-0.39, 0.29) is 27.7 Å². The van der Waals surface area contributed by atoms with Gasteiger partial charge in [-0.3, -0.25) is 10.1 Å². The van der Waals surface area contributed by atoms with Crippen molar-refractivity contribution in [1.82, 2.24) is 4.72 Å². The molecule has 0 radical (unpaired) electrons. The average Bonchev–Trinajstić information content (AvgIpc) is 2.64. The molecule has 0 aromatic heterocycles. The molecular formula is C19H25N3O5S. The number of rotatable bonds is 7. The molecule has 0 unspecified atom stereocenters. The number of nitrogens with zero attached hydrogens (tertiary/aromatic N) is 1. The predicted octanol–water partition coefficient (Wildman–Crippen LogP) is 3.71. The van der Waals surface area contributed by atoms with E-state index in [2.05, 4.69) is 10.0 Å². The Labute approximate surface area is 165 Å². The van der Waals surface area contributed by atoms with Crippen molar-refractivity contribution in [2.45, 2.75) is 31.7 Å². The Kier molecular flexibility index (Phi) is 6.30. The lowest BCUT2D eigenvalue weighted by Gasteiger charge is -2.33. The molecule has 0 saturated carbocycles. The van der Waals surface area contributed by atoms with Crippen molar-refractivity contribution in [3.63, 3.8) is 0 Å². The lowest BCUT2D eigenvalue weighted by molar-refractivity contribution is -0.384. The smallest absolute Gasteiger partial charge is 0.293 e. The van der Waals surface area contributed by atoms with Crippen molar-refractivity contribution < 1.29 is 18.1 Å². The summed E-state index contributed by atoms with van der Waals surface area (Å²) < 4.78 is 31.4. The first kappa shape index (κ1) is 21.6. The molecule has 0 spiro atoms. The molecule has 152 valence electrons. The van der Waals surface area contributed by atoms with Gasteiger partial charge in [0.15, 0.2) is 0 Å². The molecule has 0 heterocycles. The highest BCUT2D eigenvalue weighted by molar-refractivity contribution is 7.89. The molecule has 28 heavy (non-hydrogen) atoms. The summed E-state index contributed by atoms with van der Waals surface area (Å²) in [7, 11) is -0.958. The molecule has 2 aromatic rings. The number of nitrogens with one attached hydrogen (secondary N) is 2. The topological polar surface area (TPSA) is 111 Å². The predicted molar refractivity (Wildman–Crippen MR) is 108 cm³/mol. The van der Waals surface area contributed by atoms with Crippen LogP contribution in [0.3, 0.4) is 0 Å². The number of benzene rings is 2. The number of nitro benzene ring substituents is 1. The van der Waals surface area contributed by atoms with Crippen LogP contribution in [0.1, 0.15) is 32.4 Å². The van der Waals surface area contributed by atoms with Crippen LogP contribution in [0.5, 0.6) is 5.75 Å². The lowest BCUT2D eigenvalue weighted by Crippen LogP contribution is -2.26. The third kappa shape index (κ3) is 4.79. The standard InChI is InChI=1S/C19H25N3O5S/c1-19(2,3)18(13-7-6-8-14(11-13)27-5)21-16-10-9-15(28(25,26)20-4)12-17(16)22(23)24/h6-12,18,20-21H,1-5H3/t18-/m0/s1. The summed E-state index contributed by atoms with van der Waals surface area (Å²) >= 11 is 0. The van der Waals surface area contributed by atoms with Gasteiger partial charge in [0.1, 0.15) is 11.4 Å². The van der Waals surface area contributed by atoms with Crippen LogP contribution in [0.2, 0.25) is 0 Å². The first-order valence-corrected chi connectivity index (χ1v) is 10.1. The van der Waals surface area contributed by atoms with Crippen LogP contribution in [0.4, 0.5) is 11.4 Å². The first-order valence-electron chi connectivity index (χ1n) is 8.62. The van der Waals surface area contributed by atoms with E-state index in [9.17, 15) is 18.5 Å². The van der Waals surface area contributed by atoms with Gasteiger partial charge in [0.05, 0.1) is 23.0 Å². The fourth-order valence-electron chi connectivity index (χ4n) is 2.85. The maximum Gasteiger partial charge on any atom is 0.293 e. The van der Waals surface area contributed by atoms with Crippen LogP contribution in [-0.4, -0.2) is 27.5 Å². The van der Waals surface area contributed by atoms with E-state index in [1.54, 1.807) is 7.11 Å². The summed E-state index contributed by atoms with van der Waals surface area (Å²) in [6, 6.07) is 11.0. The summed E-state index contributed by atoms with van der Waals surface area (Å²) in [5.41, 5.74) is 0.528. The molecule has 9 heteroatoms. The second-order valence-corrected chi connectivity index (χ2v) is 9.25. The van der Waals surface area contributed by atoms with Crippen molar-refractivity contribution in [3.8, 4) is 5.75 Å². The van der Waals surface area contributed by atoms with Crippen molar-refractivity contribution >= 4 is 21.4 Å². The molecule has 0 bridgehead atoms. The Hall–Kier alpha value is -2.65. The highest BCUT2D eigenvalue weighted by Gasteiger charge is 2.29. The Bertz CT molecular complexity index is 968. The van der Waals surface area contributed by atoms with Crippen molar-refractivity contribution in [2.75, 3.05) is 19.5 Å². The number of sulfonamides is 1. The number of methoxy groups -OCH3 is 1. The van der Waals surface area contributed by atoms with Gasteiger partial charge >= 0.3 is 0 Å². The average molecular weight is 407 g/mol. The molecule has 0 amide bonds. The minimum atomic E-state index is -3.79. The Morgan fingerprint density at radius 2 is 1.82 bits per heavy atom. The van der Waals surface area contributed by atoms with Gasteiger partial charge < -0.3 is 10.1 Å². The van der Waals surface area contributed by atoms with Crippen LogP contribution in [0, 0.1) is 15.5 Å². The van der Waals surface area contributed by atoms with E-state index >= 15 is 0 Å². The van der Waals surface area contributed by atoms with Crippen LogP contribution in [0.15, 0.2) is 47.4 Å². The second kappa shape index (κ2) is 8.15. The Morgan fingerprint density at radius 1 is 1.14 bits per heavy atom. The summed E-state index contributed by atoms with van der Waals surface area (Å²) in [4.78, 5) is 10.8. The highest BCUT2D eigenvalue weighted by atomic mass is 32.2.